The van der Waals surface area contributed by atoms with Crippen molar-refractivity contribution in [3.63, 3.8) is 0 Å². The second kappa shape index (κ2) is 12.2. The van der Waals surface area contributed by atoms with Crippen molar-refractivity contribution in [1.29, 1.82) is 0 Å². The van der Waals surface area contributed by atoms with E-state index in [2.05, 4.69) is 23.3 Å². The van der Waals surface area contributed by atoms with Gasteiger partial charge in [0.25, 0.3) is 0 Å². The summed E-state index contributed by atoms with van der Waals surface area (Å²) in [7, 11) is 1.64. The Morgan fingerprint density at radius 1 is 1.23 bits per heavy atom. The van der Waals surface area contributed by atoms with Crippen LogP contribution in [0.3, 0.4) is 0 Å². The number of methoxy groups -OCH3 is 1. The van der Waals surface area contributed by atoms with Gasteiger partial charge in [-0.05, 0) is 56.0 Å². The highest BCUT2D eigenvalue weighted by Crippen LogP contribution is 2.36. The second-order valence-electron chi connectivity index (χ2n) is 9.83. The number of fused-ring (bicyclic) bond motifs is 1. The van der Waals surface area contributed by atoms with Gasteiger partial charge in [0.05, 0.1) is 38.0 Å². The van der Waals surface area contributed by atoms with Crippen LogP contribution in [0.2, 0.25) is 0 Å². The molecule has 3 rings (SSSR count). The molecule has 35 heavy (non-hydrogen) atoms. The highest BCUT2D eigenvalue weighted by molar-refractivity contribution is 5.68. The number of amides is 1. The number of alkyl carbamates (subject to hydrolysis) is 1. The molecule has 2 aromatic rings. The lowest BCUT2D eigenvalue weighted by Crippen LogP contribution is -2.50. The average molecular weight is 483 g/mol. The highest BCUT2D eigenvalue weighted by Gasteiger charge is 2.34. The van der Waals surface area contributed by atoms with Crippen LogP contribution in [-0.4, -0.2) is 55.3 Å². The van der Waals surface area contributed by atoms with Crippen LogP contribution in [0.15, 0.2) is 61.2 Å². The van der Waals surface area contributed by atoms with E-state index in [1.165, 1.54) is 5.56 Å². The quantitative estimate of drug-likeness (QED) is 0.420. The molecular formula is C28H38N2O5. The zero-order chi connectivity index (χ0) is 25.4. The van der Waals surface area contributed by atoms with Crippen LogP contribution in [0.5, 0.6) is 5.75 Å². The second-order valence-corrected chi connectivity index (χ2v) is 9.83. The largest absolute Gasteiger partial charge is 0.497 e. The third-order valence-corrected chi connectivity index (χ3v) is 5.92. The van der Waals surface area contributed by atoms with E-state index in [-0.39, 0.29) is 18.7 Å². The van der Waals surface area contributed by atoms with E-state index in [4.69, 9.17) is 14.2 Å². The molecule has 4 atom stereocenters. The van der Waals surface area contributed by atoms with Crippen molar-refractivity contribution in [2.24, 2.45) is 0 Å². The molecule has 0 spiro atoms. The smallest absolute Gasteiger partial charge is 0.407 e. The first-order valence-corrected chi connectivity index (χ1v) is 12.0. The lowest BCUT2D eigenvalue weighted by atomic mass is 10.0. The molecule has 0 radical (unpaired) electrons. The maximum atomic E-state index is 12.5. The van der Waals surface area contributed by atoms with Gasteiger partial charge in [0.15, 0.2) is 0 Å². The first kappa shape index (κ1) is 26.7. The van der Waals surface area contributed by atoms with E-state index in [9.17, 15) is 9.90 Å². The van der Waals surface area contributed by atoms with Crippen molar-refractivity contribution in [3.8, 4) is 5.75 Å². The lowest BCUT2D eigenvalue weighted by molar-refractivity contribution is 0.0358. The van der Waals surface area contributed by atoms with Gasteiger partial charge >= 0.3 is 6.09 Å². The number of nitrogens with one attached hydrogen (secondary N) is 2. The van der Waals surface area contributed by atoms with Crippen LogP contribution in [0, 0.1) is 0 Å². The molecule has 7 nitrogen and oxygen atoms in total. The van der Waals surface area contributed by atoms with E-state index in [0.29, 0.717) is 13.0 Å². The molecule has 0 saturated heterocycles. The molecule has 190 valence electrons. The molecular weight excluding hydrogens is 444 g/mol. The molecule has 3 N–H and O–H groups in total. The van der Waals surface area contributed by atoms with Crippen LogP contribution >= 0.6 is 0 Å². The zero-order valence-corrected chi connectivity index (χ0v) is 21.1. The number of rotatable bonds is 11. The minimum atomic E-state index is -0.863. The Hall–Kier alpha value is -2.87. The Labute approximate surface area is 208 Å². The van der Waals surface area contributed by atoms with Gasteiger partial charge in [0.1, 0.15) is 11.4 Å². The Bertz CT molecular complexity index is 973. The summed E-state index contributed by atoms with van der Waals surface area (Å²) in [6.45, 7) is 9.88. The Balaban J connectivity index is 1.74. The number of aliphatic hydroxyl groups excluding tert-OH is 1. The lowest BCUT2D eigenvalue weighted by Gasteiger charge is -2.29. The van der Waals surface area contributed by atoms with Crippen molar-refractivity contribution in [3.05, 3.63) is 77.9 Å². The van der Waals surface area contributed by atoms with Gasteiger partial charge in [0, 0.05) is 13.0 Å². The van der Waals surface area contributed by atoms with Crippen LogP contribution in [-0.2, 0) is 22.3 Å². The Morgan fingerprint density at radius 3 is 2.63 bits per heavy atom. The van der Waals surface area contributed by atoms with E-state index in [1.54, 1.807) is 13.2 Å². The molecule has 1 amide bonds. The fourth-order valence-electron chi connectivity index (χ4n) is 4.30. The maximum Gasteiger partial charge on any atom is 0.407 e. The van der Waals surface area contributed by atoms with E-state index in [0.717, 1.165) is 23.3 Å². The van der Waals surface area contributed by atoms with Crippen LogP contribution < -0.4 is 15.4 Å². The molecule has 1 aliphatic carbocycles. The van der Waals surface area contributed by atoms with Gasteiger partial charge < -0.3 is 30.0 Å². The van der Waals surface area contributed by atoms with Gasteiger partial charge in [-0.25, -0.2) is 4.79 Å². The fraction of sp³-hybridized carbons (Fsp3) is 0.464. The van der Waals surface area contributed by atoms with Gasteiger partial charge in [-0.3, -0.25) is 0 Å². The maximum absolute atomic E-state index is 12.5. The molecule has 0 saturated carbocycles. The number of ether oxygens (including phenoxy) is 3. The molecule has 2 aromatic carbocycles. The Kier molecular flexibility index (Phi) is 9.32. The summed E-state index contributed by atoms with van der Waals surface area (Å²) in [6, 6.07) is 15.1. The summed E-state index contributed by atoms with van der Waals surface area (Å²) in [6.07, 6.45) is 1.43. The molecule has 0 unspecified atom stereocenters. The molecule has 7 heteroatoms. The summed E-state index contributed by atoms with van der Waals surface area (Å²) in [5, 5.41) is 17.5. The standard InChI is InChI=1S/C28H38N2O5/c1-6-14-34-25-16-20-12-13-21(33-5)17-22(20)26(25)29-18-24(31)23(15-19-10-8-7-9-11-19)30-27(32)35-28(2,3)4/h6-13,17,23-26,29,31H,1,14-16,18H2,2-5H3,(H,30,32)/t23-,24+,25-,26+/m0/s1. The number of hydrogen-bond acceptors (Lipinski definition) is 6. The predicted octanol–water partition coefficient (Wildman–Crippen LogP) is 3.95. The number of hydrogen-bond donors (Lipinski definition) is 3. The minimum absolute atomic E-state index is 0.103. The monoisotopic (exact) mass is 482 g/mol. The van der Waals surface area contributed by atoms with Crippen molar-refractivity contribution in [1.82, 2.24) is 10.6 Å². The number of carbonyl (C=O) groups excluding carboxylic acids is 1. The van der Waals surface area contributed by atoms with Gasteiger partial charge in [0.2, 0.25) is 0 Å². The topological polar surface area (TPSA) is 89.0 Å². The third kappa shape index (κ3) is 7.82. The zero-order valence-electron chi connectivity index (χ0n) is 21.1. The van der Waals surface area contributed by atoms with Crippen molar-refractivity contribution in [2.75, 3.05) is 20.3 Å². The van der Waals surface area contributed by atoms with Crippen molar-refractivity contribution < 1.29 is 24.1 Å². The first-order chi connectivity index (χ1) is 16.7. The van der Waals surface area contributed by atoms with Crippen LogP contribution in [0.25, 0.3) is 0 Å². The molecule has 0 heterocycles. The minimum Gasteiger partial charge on any atom is -0.497 e. The summed E-state index contributed by atoms with van der Waals surface area (Å²) in [5.74, 6) is 0.772. The predicted molar refractivity (Wildman–Crippen MR) is 137 cm³/mol. The van der Waals surface area contributed by atoms with E-state index < -0.39 is 23.8 Å². The Morgan fingerprint density at radius 2 is 1.97 bits per heavy atom. The summed E-state index contributed by atoms with van der Waals surface area (Å²) in [4.78, 5) is 12.5. The SMILES string of the molecule is C=CCO[C@H]1Cc2ccc(OC)cc2[C@H]1NC[C@@H](O)[C@H](Cc1ccccc1)NC(=O)OC(C)(C)C. The van der Waals surface area contributed by atoms with Crippen molar-refractivity contribution in [2.45, 2.75) is 63.5 Å². The molecule has 0 bridgehead atoms. The van der Waals surface area contributed by atoms with Gasteiger partial charge in [-0.15, -0.1) is 6.58 Å². The fourth-order valence-corrected chi connectivity index (χ4v) is 4.30. The van der Waals surface area contributed by atoms with Crippen LogP contribution in [0.4, 0.5) is 4.79 Å². The number of carbonyl (C=O) groups is 1. The normalized spacial score (nSPS) is 18.9. The summed E-state index contributed by atoms with van der Waals surface area (Å²) < 4.78 is 16.9. The van der Waals surface area contributed by atoms with Gasteiger partial charge in [-0.1, -0.05) is 42.5 Å². The molecule has 0 aromatic heterocycles. The molecule has 1 aliphatic rings. The summed E-state index contributed by atoms with van der Waals surface area (Å²) >= 11 is 0. The molecule has 0 fully saturated rings. The first-order valence-electron chi connectivity index (χ1n) is 12.0. The molecule has 0 aliphatic heterocycles. The van der Waals surface area contributed by atoms with E-state index in [1.807, 2.05) is 63.2 Å². The number of aliphatic hydroxyl groups is 1. The van der Waals surface area contributed by atoms with Crippen LogP contribution in [0.1, 0.15) is 43.5 Å². The summed E-state index contributed by atoms with van der Waals surface area (Å²) in [5.41, 5.74) is 2.65. The van der Waals surface area contributed by atoms with Crippen molar-refractivity contribution >= 4 is 6.09 Å². The average Bonchev–Trinajstić information content (AvgIpc) is 3.16. The third-order valence-electron chi connectivity index (χ3n) is 5.92. The van der Waals surface area contributed by atoms with E-state index >= 15 is 0 Å². The highest BCUT2D eigenvalue weighted by atomic mass is 16.6. The van der Waals surface area contributed by atoms with Gasteiger partial charge in [-0.2, -0.15) is 0 Å². The number of benzene rings is 2.